The van der Waals surface area contributed by atoms with E-state index in [2.05, 4.69) is 15.6 Å². The summed E-state index contributed by atoms with van der Waals surface area (Å²) in [6, 6.07) is 3.44. The van der Waals surface area contributed by atoms with Crippen LogP contribution in [0.5, 0.6) is 0 Å². The number of hydrogen-bond donors (Lipinski definition) is 2. The lowest BCUT2D eigenvalue weighted by Gasteiger charge is -2.34. The Morgan fingerprint density at radius 3 is 2.89 bits per heavy atom. The molecule has 0 bridgehead atoms. The van der Waals surface area contributed by atoms with Gasteiger partial charge in [0.2, 0.25) is 5.91 Å². The lowest BCUT2D eigenvalue weighted by Crippen LogP contribution is -2.44. The Kier molecular flexibility index (Phi) is 2.87. The minimum absolute atomic E-state index is 0.0428. The molecule has 0 unspecified atom stereocenters. The van der Waals surface area contributed by atoms with Crippen molar-refractivity contribution in [2.24, 2.45) is 5.41 Å². The third-order valence-electron chi connectivity index (χ3n) is 3.64. The van der Waals surface area contributed by atoms with E-state index in [-0.39, 0.29) is 5.91 Å². The fraction of sp³-hybridized carbons (Fsp3) is 0.500. The van der Waals surface area contributed by atoms with Gasteiger partial charge in [0.15, 0.2) is 5.82 Å². The van der Waals surface area contributed by atoms with Crippen molar-refractivity contribution in [3.05, 3.63) is 17.3 Å². The number of amides is 1. The normalized spacial score (nSPS) is 21.7. The van der Waals surface area contributed by atoms with Crippen molar-refractivity contribution in [3.8, 4) is 0 Å². The smallest absolute Gasteiger partial charge is 0.232 e. The van der Waals surface area contributed by atoms with Gasteiger partial charge in [-0.15, -0.1) is 0 Å². The summed E-state index contributed by atoms with van der Waals surface area (Å²) in [5.74, 6) is 0.681. The standard InChI is InChI=1S/C12H14ClN3O2/c13-9-2-1-8-10(16-9)14-7-12(11(17)15-8)3-5-18-6-4-12/h1-2H,3-7H2,(H,14,16)(H,15,17). The number of carbonyl (C=O) groups excluding carboxylic acids is 1. The van der Waals surface area contributed by atoms with Gasteiger partial charge < -0.3 is 15.4 Å². The average molecular weight is 268 g/mol. The van der Waals surface area contributed by atoms with Crippen molar-refractivity contribution in [1.29, 1.82) is 0 Å². The third kappa shape index (κ3) is 1.93. The van der Waals surface area contributed by atoms with Gasteiger partial charge in [0.25, 0.3) is 0 Å². The van der Waals surface area contributed by atoms with Crippen molar-refractivity contribution in [1.82, 2.24) is 4.98 Å². The van der Waals surface area contributed by atoms with Gasteiger partial charge in [0, 0.05) is 19.8 Å². The molecule has 0 radical (unpaired) electrons. The van der Waals surface area contributed by atoms with Crippen LogP contribution in [0, 0.1) is 5.41 Å². The first kappa shape index (κ1) is 11.7. The molecule has 96 valence electrons. The minimum Gasteiger partial charge on any atom is -0.381 e. The second kappa shape index (κ2) is 4.40. The van der Waals surface area contributed by atoms with Crippen molar-refractivity contribution in [3.63, 3.8) is 0 Å². The number of pyridine rings is 1. The van der Waals surface area contributed by atoms with E-state index in [0.29, 0.717) is 36.4 Å². The molecule has 0 aliphatic carbocycles. The van der Waals surface area contributed by atoms with E-state index in [9.17, 15) is 4.79 Å². The Balaban J connectivity index is 1.92. The van der Waals surface area contributed by atoms with E-state index in [1.165, 1.54) is 0 Å². The summed E-state index contributed by atoms with van der Waals surface area (Å²) in [4.78, 5) is 16.6. The Morgan fingerprint density at radius 1 is 1.33 bits per heavy atom. The fourth-order valence-corrected chi connectivity index (χ4v) is 2.57. The molecule has 0 atom stereocenters. The number of hydrogen-bond acceptors (Lipinski definition) is 4. The highest BCUT2D eigenvalue weighted by Gasteiger charge is 2.41. The highest BCUT2D eigenvalue weighted by atomic mass is 35.5. The molecule has 2 aliphatic rings. The zero-order valence-corrected chi connectivity index (χ0v) is 10.6. The van der Waals surface area contributed by atoms with Crippen LogP contribution in [-0.2, 0) is 9.53 Å². The van der Waals surface area contributed by atoms with Crippen LogP contribution in [-0.4, -0.2) is 30.6 Å². The first-order chi connectivity index (χ1) is 8.70. The molecule has 1 aromatic heterocycles. The van der Waals surface area contributed by atoms with E-state index in [4.69, 9.17) is 16.3 Å². The molecule has 6 heteroatoms. The van der Waals surface area contributed by atoms with Crippen molar-refractivity contribution in [2.45, 2.75) is 12.8 Å². The minimum atomic E-state index is -0.397. The molecule has 1 saturated heterocycles. The van der Waals surface area contributed by atoms with E-state index >= 15 is 0 Å². The summed E-state index contributed by atoms with van der Waals surface area (Å²) < 4.78 is 5.34. The second-order valence-electron chi connectivity index (χ2n) is 4.73. The van der Waals surface area contributed by atoms with Gasteiger partial charge in [0.05, 0.1) is 11.1 Å². The maximum absolute atomic E-state index is 12.4. The number of anilines is 2. The number of ether oxygens (including phenoxy) is 1. The van der Waals surface area contributed by atoms with Crippen molar-refractivity contribution in [2.75, 3.05) is 30.4 Å². The summed E-state index contributed by atoms with van der Waals surface area (Å²) in [5, 5.41) is 6.57. The van der Waals surface area contributed by atoms with Crippen LogP contribution in [0.3, 0.4) is 0 Å². The van der Waals surface area contributed by atoms with Gasteiger partial charge in [-0.25, -0.2) is 4.98 Å². The largest absolute Gasteiger partial charge is 0.381 e. The maximum Gasteiger partial charge on any atom is 0.232 e. The molecule has 3 rings (SSSR count). The monoisotopic (exact) mass is 267 g/mol. The lowest BCUT2D eigenvalue weighted by atomic mass is 9.79. The van der Waals surface area contributed by atoms with Gasteiger partial charge >= 0.3 is 0 Å². The molecule has 1 fully saturated rings. The van der Waals surface area contributed by atoms with E-state index in [0.717, 1.165) is 12.8 Å². The van der Waals surface area contributed by atoms with Crippen LogP contribution in [0.15, 0.2) is 12.1 Å². The van der Waals surface area contributed by atoms with Gasteiger partial charge in [-0.3, -0.25) is 4.79 Å². The Morgan fingerprint density at radius 2 is 2.11 bits per heavy atom. The predicted molar refractivity (Wildman–Crippen MR) is 68.9 cm³/mol. The third-order valence-corrected chi connectivity index (χ3v) is 3.85. The Labute approximate surface area is 110 Å². The second-order valence-corrected chi connectivity index (χ2v) is 5.12. The molecule has 3 heterocycles. The molecule has 1 aromatic rings. The van der Waals surface area contributed by atoms with E-state index in [1.54, 1.807) is 12.1 Å². The summed E-state index contributed by atoms with van der Waals surface area (Å²) in [7, 11) is 0. The first-order valence-corrected chi connectivity index (χ1v) is 6.37. The van der Waals surface area contributed by atoms with Crippen molar-refractivity contribution >= 4 is 29.0 Å². The molecule has 0 aromatic carbocycles. The first-order valence-electron chi connectivity index (χ1n) is 5.99. The van der Waals surface area contributed by atoms with Gasteiger partial charge in [0.1, 0.15) is 5.15 Å². The molecule has 18 heavy (non-hydrogen) atoms. The Hall–Kier alpha value is -1.33. The zero-order valence-electron chi connectivity index (χ0n) is 9.83. The summed E-state index contributed by atoms with van der Waals surface area (Å²) in [5.41, 5.74) is 0.290. The predicted octanol–water partition coefficient (Wildman–Crippen LogP) is 1.90. The molecule has 2 aliphatic heterocycles. The van der Waals surface area contributed by atoms with Crippen LogP contribution < -0.4 is 10.6 Å². The molecule has 1 amide bonds. The number of fused-ring (bicyclic) bond motifs is 1. The topological polar surface area (TPSA) is 63.2 Å². The van der Waals surface area contributed by atoms with Crippen LogP contribution in [0.25, 0.3) is 0 Å². The number of aromatic nitrogens is 1. The highest BCUT2D eigenvalue weighted by Crippen LogP contribution is 2.36. The molecular weight excluding hydrogens is 254 g/mol. The van der Waals surface area contributed by atoms with Gasteiger partial charge in [-0.05, 0) is 25.0 Å². The van der Waals surface area contributed by atoms with Crippen LogP contribution in [0.1, 0.15) is 12.8 Å². The highest BCUT2D eigenvalue weighted by molar-refractivity contribution is 6.29. The van der Waals surface area contributed by atoms with E-state index in [1.807, 2.05) is 0 Å². The van der Waals surface area contributed by atoms with Crippen LogP contribution in [0.4, 0.5) is 11.5 Å². The number of nitrogens with zero attached hydrogens (tertiary/aromatic N) is 1. The number of rotatable bonds is 0. The Bertz CT molecular complexity index is 486. The van der Waals surface area contributed by atoms with Crippen LogP contribution >= 0.6 is 11.6 Å². The van der Waals surface area contributed by atoms with Crippen LogP contribution in [0.2, 0.25) is 5.15 Å². The molecular formula is C12H14ClN3O2. The summed E-state index contributed by atoms with van der Waals surface area (Å²) in [6.45, 7) is 1.82. The lowest BCUT2D eigenvalue weighted by molar-refractivity contribution is -0.129. The molecule has 0 saturated carbocycles. The fourth-order valence-electron chi connectivity index (χ4n) is 2.43. The quantitative estimate of drug-likeness (QED) is 0.705. The number of carbonyl (C=O) groups is 1. The molecule has 5 nitrogen and oxygen atoms in total. The number of nitrogens with one attached hydrogen (secondary N) is 2. The zero-order chi connectivity index (χ0) is 12.6. The van der Waals surface area contributed by atoms with Gasteiger partial charge in [-0.1, -0.05) is 11.6 Å². The summed E-state index contributed by atoms with van der Waals surface area (Å²) in [6.07, 6.45) is 1.46. The molecule has 2 N–H and O–H groups in total. The van der Waals surface area contributed by atoms with Crippen molar-refractivity contribution < 1.29 is 9.53 Å². The van der Waals surface area contributed by atoms with E-state index < -0.39 is 5.41 Å². The number of halogens is 1. The van der Waals surface area contributed by atoms with Gasteiger partial charge in [-0.2, -0.15) is 0 Å². The SMILES string of the molecule is O=C1Nc2ccc(Cl)nc2NCC12CCOCC2. The summed E-state index contributed by atoms with van der Waals surface area (Å²) >= 11 is 5.86. The maximum atomic E-state index is 12.4. The average Bonchev–Trinajstić information content (AvgIpc) is 2.51. The molecule has 1 spiro atoms.